The molecule has 1 heterocycles. The van der Waals surface area contributed by atoms with Crippen LogP contribution in [-0.2, 0) is 11.3 Å². The lowest BCUT2D eigenvalue weighted by Gasteiger charge is -2.06. The third-order valence-electron chi connectivity index (χ3n) is 4.46. The third kappa shape index (κ3) is 5.78. The minimum atomic E-state index is -0.277. The standard InChI is InChI=1S/C22H25BrN2O3S/c1-3-4-5-12-28-18-8-6-7-16(14-18)21(26)24-22-25(11-13-27-2)19-10-9-17(23)15-20(19)29-22/h6-10,14-15H,3-5,11-13H2,1-2H3. The Bertz CT molecular complexity index is 1040. The van der Waals surface area contributed by atoms with Gasteiger partial charge in [-0.2, -0.15) is 4.99 Å². The van der Waals surface area contributed by atoms with E-state index in [1.165, 1.54) is 11.3 Å². The minimum absolute atomic E-state index is 0.277. The lowest BCUT2D eigenvalue weighted by atomic mass is 10.2. The fraction of sp³-hybridized carbons (Fsp3) is 0.364. The Balaban J connectivity index is 1.89. The Morgan fingerprint density at radius 3 is 2.83 bits per heavy atom. The molecular formula is C22H25BrN2O3S. The molecule has 0 aliphatic carbocycles. The van der Waals surface area contributed by atoms with Gasteiger partial charge in [-0.1, -0.05) is 53.1 Å². The maximum Gasteiger partial charge on any atom is 0.279 e. The normalized spacial score (nSPS) is 11.9. The third-order valence-corrected chi connectivity index (χ3v) is 5.99. The highest BCUT2D eigenvalue weighted by Crippen LogP contribution is 2.22. The molecule has 0 aliphatic rings. The van der Waals surface area contributed by atoms with Crippen molar-refractivity contribution in [2.45, 2.75) is 32.7 Å². The first-order valence-corrected chi connectivity index (χ1v) is 11.3. The van der Waals surface area contributed by atoms with Crippen molar-refractivity contribution in [1.82, 2.24) is 4.57 Å². The molecule has 0 N–H and O–H groups in total. The van der Waals surface area contributed by atoms with E-state index in [2.05, 4.69) is 27.8 Å². The van der Waals surface area contributed by atoms with E-state index >= 15 is 0 Å². The van der Waals surface area contributed by atoms with Crippen LogP contribution in [0.3, 0.4) is 0 Å². The van der Waals surface area contributed by atoms with Crippen molar-refractivity contribution in [3.63, 3.8) is 0 Å². The summed E-state index contributed by atoms with van der Waals surface area (Å²) in [7, 11) is 1.67. The van der Waals surface area contributed by atoms with Crippen LogP contribution < -0.4 is 9.54 Å². The van der Waals surface area contributed by atoms with Gasteiger partial charge in [0.25, 0.3) is 5.91 Å². The van der Waals surface area contributed by atoms with Crippen LogP contribution in [0, 0.1) is 0 Å². The van der Waals surface area contributed by atoms with Crippen molar-refractivity contribution in [3.05, 3.63) is 57.3 Å². The zero-order chi connectivity index (χ0) is 20.6. The quantitative estimate of drug-likeness (QED) is 0.387. The summed E-state index contributed by atoms with van der Waals surface area (Å²) in [6, 6.07) is 13.3. The van der Waals surface area contributed by atoms with Crippen molar-refractivity contribution in [3.8, 4) is 5.75 Å². The van der Waals surface area contributed by atoms with Gasteiger partial charge >= 0.3 is 0 Å². The molecule has 7 heteroatoms. The van der Waals surface area contributed by atoms with Crippen LogP contribution in [0.1, 0.15) is 36.5 Å². The van der Waals surface area contributed by atoms with Gasteiger partial charge in [0, 0.05) is 23.7 Å². The first kappa shape index (κ1) is 21.7. The van der Waals surface area contributed by atoms with Crippen LogP contribution in [0.25, 0.3) is 10.2 Å². The minimum Gasteiger partial charge on any atom is -0.494 e. The van der Waals surface area contributed by atoms with E-state index in [9.17, 15) is 4.79 Å². The zero-order valence-electron chi connectivity index (χ0n) is 16.7. The topological polar surface area (TPSA) is 52.8 Å². The fourth-order valence-corrected chi connectivity index (χ4v) is 4.55. The first-order chi connectivity index (χ1) is 14.1. The van der Waals surface area contributed by atoms with Gasteiger partial charge in [-0.15, -0.1) is 0 Å². The van der Waals surface area contributed by atoms with Crippen molar-refractivity contribution in [2.24, 2.45) is 4.99 Å². The van der Waals surface area contributed by atoms with E-state index in [1.54, 1.807) is 19.2 Å². The van der Waals surface area contributed by atoms with Crippen LogP contribution in [0.4, 0.5) is 0 Å². The number of carbonyl (C=O) groups excluding carboxylic acids is 1. The average molecular weight is 477 g/mol. The van der Waals surface area contributed by atoms with E-state index < -0.39 is 0 Å². The SMILES string of the molecule is CCCCCOc1cccc(C(=O)N=c2sc3cc(Br)ccc3n2CCOC)c1. The predicted octanol–water partition coefficient (Wildman–Crippen LogP) is 5.42. The second-order valence-electron chi connectivity index (χ2n) is 6.64. The summed E-state index contributed by atoms with van der Waals surface area (Å²) < 4.78 is 15.1. The number of unbranched alkanes of at least 4 members (excludes halogenated alkanes) is 2. The van der Waals surface area contributed by atoms with Gasteiger partial charge in [0.15, 0.2) is 4.80 Å². The Labute approximate surface area is 183 Å². The van der Waals surface area contributed by atoms with Gasteiger partial charge < -0.3 is 14.0 Å². The van der Waals surface area contributed by atoms with Crippen molar-refractivity contribution >= 4 is 43.4 Å². The van der Waals surface area contributed by atoms with Gasteiger partial charge in [-0.05, 0) is 42.8 Å². The number of thiazole rings is 1. The monoisotopic (exact) mass is 476 g/mol. The number of amides is 1. The highest BCUT2D eigenvalue weighted by atomic mass is 79.9. The zero-order valence-corrected chi connectivity index (χ0v) is 19.1. The van der Waals surface area contributed by atoms with Gasteiger partial charge in [0.2, 0.25) is 0 Å². The van der Waals surface area contributed by atoms with E-state index in [0.717, 1.165) is 34.0 Å². The Morgan fingerprint density at radius 1 is 1.17 bits per heavy atom. The molecule has 0 saturated carbocycles. The average Bonchev–Trinajstić information content (AvgIpc) is 3.05. The van der Waals surface area contributed by atoms with E-state index in [1.807, 2.05) is 34.9 Å². The van der Waals surface area contributed by atoms with Crippen LogP contribution in [0.5, 0.6) is 5.75 Å². The largest absolute Gasteiger partial charge is 0.494 e. The number of nitrogens with zero attached hydrogens (tertiary/aromatic N) is 2. The molecule has 5 nitrogen and oxygen atoms in total. The van der Waals surface area contributed by atoms with Gasteiger partial charge in [0.05, 0.1) is 23.4 Å². The summed E-state index contributed by atoms with van der Waals surface area (Å²) in [6.45, 7) is 3.99. The maximum atomic E-state index is 12.8. The molecule has 0 aliphatic heterocycles. The lowest BCUT2D eigenvalue weighted by molar-refractivity contribution is 0.0997. The number of rotatable bonds is 9. The molecule has 0 bridgehead atoms. The highest BCUT2D eigenvalue weighted by molar-refractivity contribution is 9.10. The van der Waals surface area contributed by atoms with Crippen LogP contribution in [0.2, 0.25) is 0 Å². The maximum absolute atomic E-state index is 12.8. The number of hydrogen-bond acceptors (Lipinski definition) is 4. The number of benzene rings is 2. The van der Waals surface area contributed by atoms with Crippen molar-refractivity contribution in [2.75, 3.05) is 20.3 Å². The van der Waals surface area contributed by atoms with Crippen LogP contribution >= 0.6 is 27.3 Å². The fourth-order valence-electron chi connectivity index (χ4n) is 2.94. The molecule has 3 aromatic rings. The molecule has 0 spiro atoms. The highest BCUT2D eigenvalue weighted by Gasteiger charge is 2.10. The molecule has 3 rings (SSSR count). The molecule has 2 aromatic carbocycles. The molecule has 1 amide bonds. The van der Waals surface area contributed by atoms with E-state index in [4.69, 9.17) is 9.47 Å². The Morgan fingerprint density at radius 2 is 2.03 bits per heavy atom. The summed E-state index contributed by atoms with van der Waals surface area (Å²) in [5.74, 6) is 0.426. The molecule has 0 radical (unpaired) electrons. The summed E-state index contributed by atoms with van der Waals surface area (Å²) in [5, 5.41) is 0. The smallest absolute Gasteiger partial charge is 0.279 e. The summed E-state index contributed by atoms with van der Waals surface area (Å²) in [5.41, 5.74) is 1.56. The van der Waals surface area contributed by atoms with E-state index in [0.29, 0.717) is 35.9 Å². The summed E-state index contributed by atoms with van der Waals surface area (Å²) in [6.07, 6.45) is 3.29. The molecule has 0 unspecified atom stereocenters. The molecule has 154 valence electrons. The number of methoxy groups -OCH3 is 1. The Hall–Kier alpha value is -1.96. The molecule has 0 atom stereocenters. The molecule has 0 saturated heterocycles. The number of fused-ring (bicyclic) bond motifs is 1. The summed E-state index contributed by atoms with van der Waals surface area (Å²) in [4.78, 5) is 17.9. The Kier molecular flexibility index (Phi) is 8.03. The number of ether oxygens (including phenoxy) is 2. The van der Waals surface area contributed by atoms with Crippen LogP contribution in [-0.4, -0.2) is 30.8 Å². The molecule has 1 aromatic heterocycles. The number of hydrogen-bond donors (Lipinski definition) is 0. The predicted molar refractivity (Wildman–Crippen MR) is 121 cm³/mol. The van der Waals surface area contributed by atoms with E-state index in [-0.39, 0.29) is 5.91 Å². The van der Waals surface area contributed by atoms with Crippen molar-refractivity contribution < 1.29 is 14.3 Å². The molecular weight excluding hydrogens is 452 g/mol. The second kappa shape index (κ2) is 10.7. The first-order valence-electron chi connectivity index (χ1n) is 9.72. The van der Waals surface area contributed by atoms with Gasteiger partial charge in [0.1, 0.15) is 5.75 Å². The lowest BCUT2D eigenvalue weighted by Crippen LogP contribution is -2.19. The summed E-state index contributed by atoms with van der Waals surface area (Å²) >= 11 is 5.00. The molecule has 29 heavy (non-hydrogen) atoms. The number of halogens is 1. The molecule has 0 fully saturated rings. The second-order valence-corrected chi connectivity index (χ2v) is 8.57. The number of aromatic nitrogens is 1. The van der Waals surface area contributed by atoms with Gasteiger partial charge in [-0.25, -0.2) is 0 Å². The van der Waals surface area contributed by atoms with Crippen molar-refractivity contribution in [1.29, 1.82) is 0 Å². The number of carbonyl (C=O) groups is 1. The van der Waals surface area contributed by atoms with Gasteiger partial charge in [-0.3, -0.25) is 4.79 Å². The van der Waals surface area contributed by atoms with Crippen LogP contribution in [0.15, 0.2) is 51.9 Å².